The molecule has 1 saturated heterocycles. The number of aryl methyl sites for hydroxylation is 2. The van der Waals surface area contributed by atoms with Crippen LogP contribution >= 0.6 is 34.7 Å². The monoisotopic (exact) mass is 673 g/mol. The maximum atomic E-state index is 13.8. The third-order valence-electron chi connectivity index (χ3n) is 7.77. The molecule has 46 heavy (non-hydrogen) atoms. The second-order valence-electron chi connectivity index (χ2n) is 11.5. The highest BCUT2D eigenvalue weighted by molar-refractivity contribution is 8.00. The molecule has 3 aromatic heterocycles. The van der Waals surface area contributed by atoms with Crippen LogP contribution in [0.25, 0.3) is 11.4 Å². The summed E-state index contributed by atoms with van der Waals surface area (Å²) < 4.78 is 8.51. The summed E-state index contributed by atoms with van der Waals surface area (Å²) in [4.78, 5) is 33.6. The van der Waals surface area contributed by atoms with Gasteiger partial charge in [-0.25, -0.2) is 4.98 Å². The van der Waals surface area contributed by atoms with E-state index in [1.807, 2.05) is 79.0 Å². The third-order valence-corrected chi connectivity index (χ3v) is 10.1. The van der Waals surface area contributed by atoms with Gasteiger partial charge in [-0.3, -0.25) is 14.5 Å². The van der Waals surface area contributed by atoms with Crippen molar-refractivity contribution < 1.29 is 19.4 Å². The number of imidazole rings is 1. The quantitative estimate of drug-likeness (QED) is 0.0526. The first-order valence-corrected chi connectivity index (χ1v) is 17.0. The van der Waals surface area contributed by atoms with Crippen molar-refractivity contribution in [3.63, 3.8) is 0 Å². The van der Waals surface area contributed by atoms with E-state index in [1.54, 1.807) is 6.07 Å². The maximum Gasteiger partial charge on any atom is 0.301 e. The number of carbonyl (C=O) groups excluding carboxylic acids is 2. The number of halogens is 1. The summed E-state index contributed by atoms with van der Waals surface area (Å²) in [7, 11) is 0. The van der Waals surface area contributed by atoms with Crippen molar-refractivity contribution in [3.05, 3.63) is 106 Å². The molecule has 9 nitrogen and oxygen atoms in total. The highest BCUT2D eigenvalue weighted by Gasteiger charge is 2.49. The summed E-state index contributed by atoms with van der Waals surface area (Å²) in [5.74, 6) is -0.292. The SMILES string of the molecule is Cc1cccn2c(C)c(/C(O)=C3\C(=O)C(=O)N(c4nnc(SCc5ccc(Cl)cc5)s4)C3c3cccc(OCCC(C)C)c3)nc12. The number of fused-ring (bicyclic) bond motifs is 1. The Kier molecular flexibility index (Phi) is 9.17. The molecule has 1 amide bonds. The Morgan fingerprint density at radius 3 is 2.61 bits per heavy atom. The van der Waals surface area contributed by atoms with Crippen molar-refractivity contribution >= 4 is 62.9 Å². The number of amides is 1. The molecule has 1 unspecified atom stereocenters. The van der Waals surface area contributed by atoms with Gasteiger partial charge in [-0.05, 0) is 73.2 Å². The average molecular weight is 674 g/mol. The lowest BCUT2D eigenvalue weighted by atomic mass is 9.96. The summed E-state index contributed by atoms with van der Waals surface area (Å²) in [5.41, 5.74) is 4.01. The fourth-order valence-corrected chi connectivity index (χ4v) is 7.24. The Bertz CT molecular complexity index is 1970. The van der Waals surface area contributed by atoms with E-state index in [4.69, 9.17) is 21.3 Å². The number of benzene rings is 2. The van der Waals surface area contributed by atoms with Crippen LogP contribution in [0.3, 0.4) is 0 Å². The van der Waals surface area contributed by atoms with Gasteiger partial charge < -0.3 is 14.2 Å². The van der Waals surface area contributed by atoms with Crippen LogP contribution in [-0.2, 0) is 15.3 Å². The zero-order valence-electron chi connectivity index (χ0n) is 25.7. The molecule has 12 heteroatoms. The number of Topliss-reactive ketones (excluding diaryl/α,β-unsaturated/α-hetero) is 1. The predicted octanol–water partition coefficient (Wildman–Crippen LogP) is 7.80. The van der Waals surface area contributed by atoms with Crippen LogP contribution in [0.15, 0.2) is 76.8 Å². The molecule has 236 valence electrons. The summed E-state index contributed by atoms with van der Waals surface area (Å²) in [6.45, 7) is 8.51. The van der Waals surface area contributed by atoms with Gasteiger partial charge in [0.15, 0.2) is 10.1 Å². The summed E-state index contributed by atoms with van der Waals surface area (Å²) in [6, 6.07) is 17.6. The Morgan fingerprint density at radius 2 is 1.87 bits per heavy atom. The second-order valence-corrected chi connectivity index (χ2v) is 14.1. The lowest BCUT2D eigenvalue weighted by Crippen LogP contribution is -2.29. The van der Waals surface area contributed by atoms with Crippen molar-refractivity contribution in [2.45, 2.75) is 50.3 Å². The number of pyridine rings is 1. The smallest absolute Gasteiger partial charge is 0.301 e. The number of nitrogens with zero attached hydrogens (tertiary/aromatic N) is 5. The Balaban J connectivity index is 1.42. The number of thioether (sulfide) groups is 1. The Hall–Kier alpha value is -4.19. The fraction of sp³-hybridized carbons (Fsp3) is 0.265. The molecule has 0 saturated carbocycles. The average Bonchev–Trinajstić information content (AvgIpc) is 3.71. The third kappa shape index (κ3) is 6.27. The zero-order chi connectivity index (χ0) is 32.5. The lowest BCUT2D eigenvalue weighted by molar-refractivity contribution is -0.132. The number of anilines is 1. The molecule has 1 N–H and O–H groups in total. The number of rotatable bonds is 10. The Morgan fingerprint density at radius 1 is 1.09 bits per heavy atom. The minimum atomic E-state index is -0.985. The molecule has 1 atom stereocenters. The number of aromatic nitrogens is 4. The molecule has 4 heterocycles. The van der Waals surface area contributed by atoms with Gasteiger partial charge in [0.05, 0.1) is 23.9 Å². The normalized spacial score (nSPS) is 16.2. The van der Waals surface area contributed by atoms with Crippen molar-refractivity contribution in [1.82, 2.24) is 19.6 Å². The number of ketones is 1. The van der Waals surface area contributed by atoms with E-state index in [1.165, 1.54) is 28.0 Å². The van der Waals surface area contributed by atoms with Crippen LogP contribution in [0.2, 0.25) is 5.02 Å². The first-order chi connectivity index (χ1) is 22.1. The number of ether oxygens (including phenoxy) is 1. The summed E-state index contributed by atoms with van der Waals surface area (Å²) in [5, 5.41) is 21.4. The minimum Gasteiger partial charge on any atom is -0.505 e. The molecule has 0 bridgehead atoms. The molecular formula is C34H32ClN5O4S2. The fourth-order valence-electron chi connectivity index (χ4n) is 5.29. The molecular weight excluding hydrogens is 642 g/mol. The molecule has 6 rings (SSSR count). The summed E-state index contributed by atoms with van der Waals surface area (Å²) >= 11 is 8.70. The largest absolute Gasteiger partial charge is 0.505 e. The minimum absolute atomic E-state index is 0.0703. The number of aliphatic hydroxyl groups excluding tert-OH is 1. The summed E-state index contributed by atoms with van der Waals surface area (Å²) in [6.07, 6.45) is 2.72. The number of aliphatic hydroxyl groups is 1. The van der Waals surface area contributed by atoms with Gasteiger partial charge in [0.25, 0.3) is 5.78 Å². The van der Waals surface area contributed by atoms with Crippen LogP contribution in [0, 0.1) is 19.8 Å². The first kappa shape index (κ1) is 31.8. The van der Waals surface area contributed by atoms with Crippen molar-refractivity contribution in [2.75, 3.05) is 11.5 Å². The molecule has 0 spiro atoms. The topological polar surface area (TPSA) is 110 Å². The molecule has 0 aliphatic carbocycles. The van der Waals surface area contributed by atoms with Crippen molar-refractivity contribution in [1.29, 1.82) is 0 Å². The van der Waals surface area contributed by atoms with Crippen molar-refractivity contribution in [2.24, 2.45) is 5.92 Å². The van der Waals surface area contributed by atoms with Crippen LogP contribution in [0.4, 0.5) is 5.13 Å². The van der Waals surface area contributed by atoms with E-state index >= 15 is 0 Å². The molecule has 2 aromatic carbocycles. The second kappa shape index (κ2) is 13.3. The number of hydrogen-bond acceptors (Lipinski definition) is 9. The maximum absolute atomic E-state index is 13.8. The lowest BCUT2D eigenvalue weighted by Gasteiger charge is -2.23. The molecule has 1 fully saturated rings. The van der Waals surface area contributed by atoms with E-state index in [0.29, 0.717) is 50.3 Å². The van der Waals surface area contributed by atoms with E-state index in [0.717, 1.165) is 17.5 Å². The van der Waals surface area contributed by atoms with Gasteiger partial charge in [-0.1, -0.05) is 78.9 Å². The van der Waals surface area contributed by atoms with Crippen molar-refractivity contribution in [3.8, 4) is 5.75 Å². The highest BCUT2D eigenvalue weighted by atomic mass is 35.5. The van der Waals surface area contributed by atoms with Gasteiger partial charge in [-0.2, -0.15) is 0 Å². The Labute approximate surface area is 279 Å². The van der Waals surface area contributed by atoms with E-state index in [9.17, 15) is 14.7 Å². The predicted molar refractivity (Wildman–Crippen MR) is 182 cm³/mol. The van der Waals surface area contributed by atoms with Crippen LogP contribution in [-0.4, -0.2) is 43.0 Å². The van der Waals surface area contributed by atoms with Crippen LogP contribution < -0.4 is 9.64 Å². The zero-order valence-corrected chi connectivity index (χ0v) is 28.1. The van der Waals surface area contributed by atoms with E-state index in [2.05, 4.69) is 24.0 Å². The molecule has 0 radical (unpaired) electrons. The molecule has 5 aromatic rings. The highest BCUT2D eigenvalue weighted by Crippen LogP contribution is 2.45. The standard InChI is InChI=1S/C34H32ClN5O4S2/c1-19(2)14-16-44-25-9-5-8-23(17-25)28-26(29(41)27-21(4)39-15-6-7-20(3)31(39)36-27)30(42)32(43)40(28)33-37-38-34(46-33)45-18-22-10-12-24(35)13-11-22/h5-13,15,17,19,28,41H,14,16,18H2,1-4H3/b29-26+. The van der Waals surface area contributed by atoms with E-state index in [-0.39, 0.29) is 22.2 Å². The van der Waals surface area contributed by atoms with Gasteiger partial charge in [0.1, 0.15) is 17.1 Å². The van der Waals surface area contributed by atoms with Crippen LogP contribution in [0.1, 0.15) is 54.4 Å². The van der Waals surface area contributed by atoms with Gasteiger partial charge in [0, 0.05) is 17.0 Å². The van der Waals surface area contributed by atoms with Gasteiger partial charge in [0.2, 0.25) is 5.13 Å². The number of hydrogen-bond donors (Lipinski definition) is 1. The molecule has 1 aliphatic rings. The first-order valence-electron chi connectivity index (χ1n) is 14.8. The van der Waals surface area contributed by atoms with Gasteiger partial charge in [-0.15, -0.1) is 10.2 Å². The van der Waals surface area contributed by atoms with Crippen LogP contribution in [0.5, 0.6) is 5.75 Å². The van der Waals surface area contributed by atoms with Gasteiger partial charge >= 0.3 is 5.91 Å². The number of carbonyl (C=O) groups is 2. The molecule has 1 aliphatic heterocycles. The van der Waals surface area contributed by atoms with E-state index < -0.39 is 17.7 Å².